The lowest BCUT2D eigenvalue weighted by atomic mass is 9.77. The number of benzene rings is 2. The standard InChI is InChI=1S/C31H35N5O6S/c1-40-24-14-19(30(37)36-12-3-9-33-22-15-23(22)36)25(28(41-2)29(24)43(32,38)39)26-20-16-31(7-8-31)21-6-5-17(35-10-4-11-35)13-18(21)27(20)42-34-26/h5-6,13-14,22-23,33H,3-4,7-12,15-16H2,1-2H3,(H2,32,38,39). The zero-order chi connectivity index (χ0) is 29.7. The van der Waals surface area contributed by atoms with Crippen LogP contribution in [0.4, 0.5) is 5.69 Å². The number of sulfonamides is 1. The maximum atomic E-state index is 14.4. The topological polar surface area (TPSA) is 140 Å². The summed E-state index contributed by atoms with van der Waals surface area (Å²) >= 11 is 0. The molecule has 1 amide bonds. The highest BCUT2D eigenvalue weighted by Crippen LogP contribution is 2.60. The third kappa shape index (κ3) is 4.10. The molecule has 4 fully saturated rings. The summed E-state index contributed by atoms with van der Waals surface area (Å²) in [5, 5.41) is 13.8. The summed E-state index contributed by atoms with van der Waals surface area (Å²) in [6.07, 6.45) is 5.60. The van der Waals surface area contributed by atoms with Crippen molar-refractivity contribution in [1.82, 2.24) is 15.4 Å². The molecule has 2 saturated heterocycles. The van der Waals surface area contributed by atoms with E-state index in [0.29, 0.717) is 24.4 Å². The van der Waals surface area contributed by atoms with E-state index in [1.165, 1.54) is 32.3 Å². The Bertz CT molecular complexity index is 1780. The smallest absolute Gasteiger partial charge is 0.255 e. The van der Waals surface area contributed by atoms with Gasteiger partial charge in [0.05, 0.1) is 25.3 Å². The number of rotatable bonds is 6. The van der Waals surface area contributed by atoms with Gasteiger partial charge in [0.1, 0.15) is 11.4 Å². The number of nitrogens with zero attached hydrogens (tertiary/aromatic N) is 3. The normalized spacial score (nSPS) is 23.0. The highest BCUT2D eigenvalue weighted by atomic mass is 32.2. The minimum Gasteiger partial charge on any atom is -0.495 e. The SMILES string of the molecule is COc1cc(C(=O)N2CCCNC3CC32)c(-c2noc3c2CC2(CC2)c2ccc(N4CCC4)cc2-3)c(OC)c1S(N)(=O)=O. The highest BCUT2D eigenvalue weighted by Gasteiger charge is 2.51. The maximum absolute atomic E-state index is 14.4. The number of methoxy groups -OCH3 is 2. The first-order valence-electron chi connectivity index (χ1n) is 15.0. The summed E-state index contributed by atoms with van der Waals surface area (Å²) in [4.78, 5) is 18.3. The van der Waals surface area contributed by atoms with Gasteiger partial charge in [-0.2, -0.15) is 0 Å². The van der Waals surface area contributed by atoms with Gasteiger partial charge in [0.2, 0.25) is 10.0 Å². The Labute approximate surface area is 250 Å². The molecule has 5 aliphatic rings. The highest BCUT2D eigenvalue weighted by molar-refractivity contribution is 7.89. The van der Waals surface area contributed by atoms with Crippen molar-refractivity contribution in [3.63, 3.8) is 0 Å². The van der Waals surface area contributed by atoms with Crippen molar-refractivity contribution in [2.75, 3.05) is 45.3 Å². The Balaban J connectivity index is 1.35. The first kappa shape index (κ1) is 27.0. The number of primary sulfonamides is 1. The van der Waals surface area contributed by atoms with Crippen LogP contribution in [-0.2, 0) is 21.9 Å². The van der Waals surface area contributed by atoms with Gasteiger partial charge < -0.3 is 29.1 Å². The van der Waals surface area contributed by atoms with Crippen molar-refractivity contribution in [3.8, 4) is 34.1 Å². The van der Waals surface area contributed by atoms with Crippen LogP contribution in [0.1, 0.15) is 53.6 Å². The summed E-state index contributed by atoms with van der Waals surface area (Å²) in [5.74, 6) is 0.316. The van der Waals surface area contributed by atoms with E-state index in [1.54, 1.807) is 0 Å². The third-order valence-corrected chi connectivity index (χ3v) is 10.9. The lowest BCUT2D eigenvalue weighted by Crippen LogP contribution is -2.37. The van der Waals surface area contributed by atoms with Crippen molar-refractivity contribution >= 4 is 21.6 Å². The summed E-state index contributed by atoms with van der Waals surface area (Å²) in [7, 11) is -1.59. The van der Waals surface area contributed by atoms with E-state index < -0.39 is 10.0 Å². The van der Waals surface area contributed by atoms with Gasteiger partial charge in [-0.3, -0.25) is 4.79 Å². The predicted octanol–water partition coefficient (Wildman–Crippen LogP) is 3.05. The van der Waals surface area contributed by atoms with Crippen LogP contribution in [0.5, 0.6) is 11.5 Å². The van der Waals surface area contributed by atoms with Crippen molar-refractivity contribution < 1.29 is 27.2 Å². The molecule has 11 nitrogen and oxygen atoms in total. The molecule has 3 aliphatic carbocycles. The molecule has 226 valence electrons. The number of nitrogens with two attached hydrogens (primary N) is 1. The van der Waals surface area contributed by atoms with Crippen LogP contribution in [0.3, 0.4) is 0 Å². The number of nitrogens with one attached hydrogen (secondary N) is 1. The van der Waals surface area contributed by atoms with Crippen molar-refractivity contribution in [2.45, 2.75) is 60.9 Å². The Morgan fingerprint density at radius 2 is 1.95 bits per heavy atom. The number of ether oxygens (including phenoxy) is 2. The number of carbonyl (C=O) groups is 1. The molecule has 1 aromatic heterocycles. The first-order valence-corrected chi connectivity index (χ1v) is 16.5. The van der Waals surface area contributed by atoms with E-state index in [4.69, 9.17) is 19.1 Å². The average molecular weight is 606 g/mol. The molecule has 3 N–H and O–H groups in total. The number of amides is 1. The second-order valence-corrected chi connectivity index (χ2v) is 14.0. The molecule has 3 aromatic rings. The monoisotopic (exact) mass is 605 g/mol. The molecular formula is C31H35N5O6S. The number of aromatic nitrogens is 1. The molecule has 2 saturated carbocycles. The van der Waals surface area contributed by atoms with Gasteiger partial charge in [0.25, 0.3) is 5.91 Å². The van der Waals surface area contributed by atoms with Gasteiger partial charge in [0.15, 0.2) is 16.4 Å². The molecule has 43 heavy (non-hydrogen) atoms. The molecule has 8 rings (SSSR count). The molecule has 0 bridgehead atoms. The largest absolute Gasteiger partial charge is 0.495 e. The van der Waals surface area contributed by atoms with Crippen LogP contribution in [0.25, 0.3) is 22.6 Å². The van der Waals surface area contributed by atoms with Gasteiger partial charge in [-0.1, -0.05) is 11.2 Å². The van der Waals surface area contributed by atoms with E-state index in [1.807, 2.05) is 4.90 Å². The summed E-state index contributed by atoms with van der Waals surface area (Å²) in [5.41, 5.74) is 5.17. The minimum absolute atomic E-state index is 0.0412. The molecule has 2 unspecified atom stereocenters. The Hall–Kier alpha value is -3.61. The summed E-state index contributed by atoms with van der Waals surface area (Å²) in [6.45, 7) is 3.47. The molecule has 3 heterocycles. The maximum Gasteiger partial charge on any atom is 0.255 e. The van der Waals surface area contributed by atoms with E-state index in [2.05, 4.69) is 33.6 Å². The fourth-order valence-electron chi connectivity index (χ4n) is 7.36. The van der Waals surface area contributed by atoms with Crippen LogP contribution in [0.15, 0.2) is 33.7 Å². The van der Waals surface area contributed by atoms with Crippen LogP contribution < -0.4 is 24.8 Å². The number of carbonyl (C=O) groups excluding carboxylic acids is 1. The van der Waals surface area contributed by atoms with Crippen molar-refractivity contribution in [1.29, 1.82) is 0 Å². The van der Waals surface area contributed by atoms with Crippen LogP contribution in [0, 0.1) is 0 Å². The predicted molar refractivity (Wildman–Crippen MR) is 159 cm³/mol. The quantitative estimate of drug-likeness (QED) is 0.434. The molecule has 2 atom stereocenters. The zero-order valence-electron chi connectivity index (χ0n) is 24.3. The van der Waals surface area contributed by atoms with E-state index >= 15 is 0 Å². The Kier molecular flexibility index (Phi) is 5.92. The third-order valence-electron chi connectivity index (χ3n) is 9.98. The lowest BCUT2D eigenvalue weighted by Gasteiger charge is -2.34. The molecule has 2 aliphatic heterocycles. The molecule has 0 radical (unpaired) electrons. The van der Waals surface area contributed by atoms with E-state index in [-0.39, 0.29) is 50.9 Å². The Morgan fingerprint density at radius 3 is 2.63 bits per heavy atom. The minimum atomic E-state index is -4.32. The number of hydrogen-bond acceptors (Lipinski definition) is 9. The fourth-order valence-corrected chi connectivity index (χ4v) is 8.22. The van der Waals surface area contributed by atoms with E-state index in [9.17, 15) is 13.2 Å². The molecule has 2 aromatic carbocycles. The zero-order valence-corrected chi connectivity index (χ0v) is 25.1. The van der Waals surface area contributed by atoms with E-state index in [0.717, 1.165) is 62.1 Å². The number of hydrogen-bond donors (Lipinski definition) is 2. The van der Waals surface area contributed by atoms with Crippen LogP contribution in [-0.4, -0.2) is 76.9 Å². The van der Waals surface area contributed by atoms with Gasteiger partial charge in [-0.05, 0) is 68.8 Å². The summed E-state index contributed by atoms with van der Waals surface area (Å²) in [6, 6.07) is 8.42. The van der Waals surface area contributed by atoms with Crippen LogP contribution in [0.2, 0.25) is 0 Å². The van der Waals surface area contributed by atoms with Gasteiger partial charge in [-0.15, -0.1) is 0 Å². The summed E-state index contributed by atoms with van der Waals surface area (Å²) < 4.78 is 43.4. The molecule has 12 heteroatoms. The average Bonchev–Trinajstić information content (AvgIpc) is 3.86. The second-order valence-electron chi connectivity index (χ2n) is 12.5. The van der Waals surface area contributed by atoms with Gasteiger partial charge in [-0.25, -0.2) is 13.6 Å². The van der Waals surface area contributed by atoms with Crippen LogP contribution >= 0.6 is 0 Å². The molecule has 1 spiro atoms. The second kappa shape index (κ2) is 9.44. The molecular weight excluding hydrogens is 570 g/mol. The first-order chi connectivity index (χ1) is 20.7. The van der Waals surface area contributed by atoms with Gasteiger partial charge >= 0.3 is 0 Å². The lowest BCUT2D eigenvalue weighted by molar-refractivity contribution is 0.0745. The van der Waals surface area contributed by atoms with Crippen molar-refractivity contribution in [2.24, 2.45) is 5.14 Å². The Morgan fingerprint density at radius 1 is 1.14 bits per heavy atom. The van der Waals surface area contributed by atoms with Crippen molar-refractivity contribution in [3.05, 3.63) is 41.0 Å². The van der Waals surface area contributed by atoms with Gasteiger partial charge in [0, 0.05) is 53.9 Å². The fraction of sp³-hybridized carbons (Fsp3) is 0.484. The number of fused-ring (bicyclic) bond motifs is 5. The number of anilines is 1.